The van der Waals surface area contributed by atoms with Gasteiger partial charge in [0, 0.05) is 35.5 Å². The van der Waals surface area contributed by atoms with Gasteiger partial charge in [0.05, 0.1) is 0 Å². The maximum absolute atomic E-state index is 13.8. The number of imide groups is 1. The van der Waals surface area contributed by atoms with Gasteiger partial charge < -0.3 is 10.6 Å². The van der Waals surface area contributed by atoms with Crippen molar-refractivity contribution in [1.82, 2.24) is 15.5 Å². The molecule has 4 aliphatic rings. The van der Waals surface area contributed by atoms with E-state index in [0.717, 1.165) is 44.2 Å². The van der Waals surface area contributed by atoms with Crippen molar-refractivity contribution in [3.05, 3.63) is 11.8 Å². The lowest BCUT2D eigenvalue weighted by molar-refractivity contribution is -0.141. The molecule has 0 bridgehead atoms. The molecular formula is C26H41N3O3. The summed E-state index contributed by atoms with van der Waals surface area (Å²) in [6, 6.07) is -0.430. The third kappa shape index (κ3) is 3.58. The molecule has 4 rings (SSSR count). The minimum absolute atomic E-state index is 0.00106. The first-order chi connectivity index (χ1) is 15.0. The summed E-state index contributed by atoms with van der Waals surface area (Å²) < 4.78 is 0. The van der Waals surface area contributed by atoms with Crippen LogP contribution in [0.3, 0.4) is 0 Å². The van der Waals surface area contributed by atoms with Crippen LogP contribution in [0.1, 0.15) is 86.5 Å². The van der Waals surface area contributed by atoms with Crippen LogP contribution in [0.5, 0.6) is 0 Å². The van der Waals surface area contributed by atoms with E-state index in [1.807, 2.05) is 27.7 Å². The Morgan fingerprint density at radius 3 is 2.47 bits per heavy atom. The maximum atomic E-state index is 13.8. The van der Waals surface area contributed by atoms with Crippen LogP contribution in [-0.4, -0.2) is 34.8 Å². The summed E-state index contributed by atoms with van der Waals surface area (Å²) in [6.45, 7) is 12.4. The largest absolute Gasteiger partial charge is 0.335 e. The normalized spacial score (nSPS) is 38.4. The van der Waals surface area contributed by atoms with Crippen LogP contribution in [0.2, 0.25) is 0 Å². The number of fused-ring (bicyclic) bond motifs is 5. The fourth-order valence-electron chi connectivity index (χ4n) is 7.67. The summed E-state index contributed by atoms with van der Waals surface area (Å²) >= 11 is 0. The second-order valence-electron chi connectivity index (χ2n) is 11.8. The molecule has 1 saturated heterocycles. The van der Waals surface area contributed by atoms with Gasteiger partial charge in [0.15, 0.2) is 0 Å². The topological polar surface area (TPSA) is 78.5 Å². The van der Waals surface area contributed by atoms with Crippen LogP contribution >= 0.6 is 0 Å². The summed E-state index contributed by atoms with van der Waals surface area (Å²) in [6.07, 6.45) is 8.81. The lowest BCUT2D eigenvalue weighted by Crippen LogP contribution is -2.56. The molecular weight excluding hydrogens is 402 g/mol. The van der Waals surface area contributed by atoms with Gasteiger partial charge in [-0.05, 0) is 89.4 Å². The summed E-state index contributed by atoms with van der Waals surface area (Å²) in [4.78, 5) is 40.1. The van der Waals surface area contributed by atoms with E-state index in [4.69, 9.17) is 0 Å². The zero-order valence-corrected chi connectivity index (χ0v) is 20.7. The molecule has 6 atom stereocenters. The molecule has 6 nitrogen and oxygen atoms in total. The van der Waals surface area contributed by atoms with Crippen molar-refractivity contribution in [2.45, 2.75) is 98.6 Å². The molecule has 178 valence electrons. The number of hydrogen-bond donors (Lipinski definition) is 2. The van der Waals surface area contributed by atoms with Gasteiger partial charge in [-0.25, -0.2) is 4.79 Å². The van der Waals surface area contributed by atoms with Gasteiger partial charge in [-0.3, -0.25) is 14.5 Å². The first-order valence-electron chi connectivity index (χ1n) is 12.6. The van der Waals surface area contributed by atoms with E-state index in [-0.39, 0.29) is 46.7 Å². The van der Waals surface area contributed by atoms with E-state index >= 15 is 0 Å². The number of carbonyl (C=O) groups excluding carboxylic acids is 3. The first kappa shape index (κ1) is 23.3. The summed E-state index contributed by atoms with van der Waals surface area (Å²) in [5.74, 6) is 1.65. The second-order valence-corrected chi connectivity index (χ2v) is 11.8. The van der Waals surface area contributed by atoms with Crippen molar-refractivity contribution in [2.75, 3.05) is 0 Å². The number of piperidine rings is 1. The molecule has 2 saturated carbocycles. The van der Waals surface area contributed by atoms with Gasteiger partial charge in [0.1, 0.15) is 0 Å². The van der Waals surface area contributed by atoms with Crippen LogP contribution in [0.15, 0.2) is 11.8 Å². The molecule has 2 N–H and O–H groups in total. The Bertz CT molecular complexity index is 834. The quantitative estimate of drug-likeness (QED) is 0.669. The van der Waals surface area contributed by atoms with Crippen LogP contribution in [0.4, 0.5) is 4.79 Å². The fraction of sp³-hybridized carbons (Fsp3) is 0.808. The first-order valence-corrected chi connectivity index (χ1v) is 12.6. The van der Waals surface area contributed by atoms with Crippen molar-refractivity contribution in [3.8, 4) is 0 Å². The van der Waals surface area contributed by atoms with Crippen molar-refractivity contribution >= 4 is 17.8 Å². The SMILES string of the molecule is CC(C)NC(=O)N(C(=O)C1CC[C@H]2[C@@H]3CC=C4NC(=O)CC[C@]4(C)[C@@H]3CC[C@]12C)C(C)C. The number of hydrogen-bond acceptors (Lipinski definition) is 3. The van der Waals surface area contributed by atoms with E-state index in [2.05, 4.69) is 30.6 Å². The van der Waals surface area contributed by atoms with Gasteiger partial charge in [-0.2, -0.15) is 0 Å². The van der Waals surface area contributed by atoms with Gasteiger partial charge in [0.2, 0.25) is 11.8 Å². The molecule has 0 aromatic heterocycles. The molecule has 3 fully saturated rings. The standard InChI is InChI=1S/C26H41N3O3/c1-15(2)27-24(32)29(16(3)4)23(31)20-9-8-18-17-7-10-21-26(6,14-12-22(30)28-21)19(17)11-13-25(18,20)5/h10,15-20H,7-9,11-14H2,1-6H3,(H,27,32)(H,28,30)/t17-,18-,19+,20?,25-,26+/m0/s1. The predicted molar refractivity (Wildman–Crippen MR) is 124 cm³/mol. The molecule has 4 amide bonds. The Hall–Kier alpha value is -1.85. The van der Waals surface area contributed by atoms with Gasteiger partial charge in [-0.15, -0.1) is 0 Å². The number of carbonyl (C=O) groups is 3. The third-order valence-corrected chi connectivity index (χ3v) is 9.29. The molecule has 1 heterocycles. The molecule has 1 unspecified atom stereocenters. The molecule has 0 aromatic rings. The van der Waals surface area contributed by atoms with Crippen molar-refractivity contribution in [2.24, 2.45) is 34.5 Å². The Morgan fingerprint density at radius 1 is 1.09 bits per heavy atom. The van der Waals surface area contributed by atoms with Crippen LogP contribution in [0, 0.1) is 34.5 Å². The average molecular weight is 444 g/mol. The second kappa shape index (κ2) is 8.18. The number of allylic oxidation sites excluding steroid dienone is 2. The van der Waals surface area contributed by atoms with E-state index in [0.29, 0.717) is 24.2 Å². The third-order valence-electron chi connectivity index (χ3n) is 9.29. The molecule has 0 radical (unpaired) electrons. The molecule has 0 aromatic carbocycles. The molecule has 1 aliphatic heterocycles. The summed E-state index contributed by atoms with van der Waals surface area (Å²) in [5, 5.41) is 6.08. The zero-order chi connectivity index (χ0) is 23.4. The number of urea groups is 1. The highest BCUT2D eigenvalue weighted by Gasteiger charge is 2.60. The van der Waals surface area contributed by atoms with Gasteiger partial charge >= 0.3 is 6.03 Å². The van der Waals surface area contributed by atoms with E-state index in [1.165, 1.54) is 4.90 Å². The molecule has 0 spiro atoms. The monoisotopic (exact) mass is 443 g/mol. The van der Waals surface area contributed by atoms with Crippen molar-refractivity contribution in [3.63, 3.8) is 0 Å². The lowest BCUT2D eigenvalue weighted by atomic mass is 9.49. The molecule has 6 heteroatoms. The molecule has 3 aliphatic carbocycles. The zero-order valence-electron chi connectivity index (χ0n) is 20.7. The van der Waals surface area contributed by atoms with Crippen molar-refractivity contribution < 1.29 is 14.4 Å². The maximum Gasteiger partial charge on any atom is 0.324 e. The van der Waals surface area contributed by atoms with E-state index < -0.39 is 0 Å². The Morgan fingerprint density at radius 2 is 1.81 bits per heavy atom. The van der Waals surface area contributed by atoms with Gasteiger partial charge in [-0.1, -0.05) is 19.9 Å². The number of nitrogens with zero attached hydrogens (tertiary/aromatic N) is 1. The lowest BCUT2D eigenvalue weighted by Gasteiger charge is -2.57. The highest BCUT2D eigenvalue weighted by Crippen LogP contribution is 2.65. The van der Waals surface area contributed by atoms with E-state index in [1.54, 1.807) is 0 Å². The van der Waals surface area contributed by atoms with Crippen molar-refractivity contribution in [1.29, 1.82) is 0 Å². The van der Waals surface area contributed by atoms with Gasteiger partial charge in [0.25, 0.3) is 0 Å². The highest BCUT2D eigenvalue weighted by atomic mass is 16.2. The fourth-order valence-corrected chi connectivity index (χ4v) is 7.67. The summed E-state index contributed by atoms with van der Waals surface area (Å²) in [5.41, 5.74) is 1.12. The Balaban J connectivity index is 1.58. The minimum Gasteiger partial charge on any atom is -0.335 e. The Kier molecular flexibility index (Phi) is 5.96. The minimum atomic E-state index is -0.267. The molecule has 32 heavy (non-hydrogen) atoms. The highest BCUT2D eigenvalue weighted by molar-refractivity contribution is 5.96. The van der Waals surface area contributed by atoms with Crippen LogP contribution < -0.4 is 10.6 Å². The van der Waals surface area contributed by atoms with Crippen LogP contribution in [-0.2, 0) is 9.59 Å². The number of rotatable bonds is 3. The Labute approximate surface area is 192 Å². The number of nitrogens with one attached hydrogen (secondary N) is 2. The average Bonchev–Trinajstić information content (AvgIpc) is 3.05. The predicted octanol–water partition coefficient (Wildman–Crippen LogP) is 4.60. The number of amides is 4. The van der Waals surface area contributed by atoms with E-state index in [9.17, 15) is 14.4 Å². The smallest absolute Gasteiger partial charge is 0.324 e. The van der Waals surface area contributed by atoms with Crippen LogP contribution in [0.25, 0.3) is 0 Å². The summed E-state index contributed by atoms with van der Waals surface area (Å²) in [7, 11) is 0.